The Balaban J connectivity index is 1.64. The number of aryl methyl sites for hydroxylation is 1. The number of nitrogens with one attached hydrogen (secondary N) is 2. The molecule has 0 fully saturated rings. The van der Waals surface area contributed by atoms with E-state index in [1.54, 1.807) is 18.4 Å². The molecule has 0 aliphatic heterocycles. The van der Waals surface area contributed by atoms with E-state index < -0.39 is 10.8 Å². The molecule has 2 rings (SSSR count). The molecule has 0 aromatic heterocycles. The maximum absolute atomic E-state index is 11.7. The number of hydrogen-bond acceptors (Lipinski definition) is 3. The molecule has 2 aromatic rings. The van der Waals surface area contributed by atoms with Crippen LogP contribution in [0.25, 0.3) is 0 Å². The Morgan fingerprint density at radius 1 is 1.00 bits per heavy atom. The van der Waals surface area contributed by atoms with Crippen LogP contribution in [-0.4, -0.2) is 28.1 Å². The minimum atomic E-state index is -0.986. The Kier molecular flexibility index (Phi) is 6.81. The second-order valence-corrected chi connectivity index (χ2v) is 6.86. The molecule has 3 N–H and O–H groups in total. The van der Waals surface area contributed by atoms with Crippen molar-refractivity contribution in [2.75, 3.05) is 12.8 Å². The fourth-order valence-electron chi connectivity index (χ4n) is 2.20. The minimum absolute atomic E-state index is 0.205. The highest BCUT2D eigenvalue weighted by Crippen LogP contribution is 2.10. The molecule has 0 bridgehead atoms. The van der Waals surface area contributed by atoms with Crippen molar-refractivity contribution in [3.63, 3.8) is 0 Å². The smallest absolute Gasteiger partial charge is 0.315 e. The number of phenolic OH excluding ortho intramolecular Hbond substituents is 1. The molecule has 6 heteroatoms. The van der Waals surface area contributed by atoms with Crippen molar-refractivity contribution < 1.29 is 14.1 Å². The lowest BCUT2D eigenvalue weighted by molar-refractivity contribution is 0.240. The summed E-state index contributed by atoms with van der Waals surface area (Å²) in [6, 6.07) is 14.2. The van der Waals surface area contributed by atoms with Crippen molar-refractivity contribution >= 4 is 16.8 Å². The Bertz CT molecular complexity index is 684. The summed E-state index contributed by atoms with van der Waals surface area (Å²) in [7, 11) is -0.986. The topological polar surface area (TPSA) is 78.4 Å². The highest BCUT2D eigenvalue weighted by atomic mass is 32.2. The van der Waals surface area contributed by atoms with Crippen molar-refractivity contribution in [3.05, 3.63) is 59.7 Å². The van der Waals surface area contributed by atoms with Crippen LogP contribution in [0.1, 0.15) is 17.5 Å². The summed E-state index contributed by atoms with van der Waals surface area (Å²) >= 11 is 0. The van der Waals surface area contributed by atoms with Gasteiger partial charge in [0.1, 0.15) is 5.75 Å². The van der Waals surface area contributed by atoms with Gasteiger partial charge in [-0.15, -0.1) is 0 Å². The third-order valence-corrected chi connectivity index (χ3v) is 4.51. The summed E-state index contributed by atoms with van der Waals surface area (Å²) < 4.78 is 11.3. The van der Waals surface area contributed by atoms with Crippen LogP contribution in [0.5, 0.6) is 5.75 Å². The first-order valence-electron chi connectivity index (χ1n) is 7.76. The van der Waals surface area contributed by atoms with Crippen LogP contribution >= 0.6 is 0 Å². The van der Waals surface area contributed by atoms with Crippen molar-refractivity contribution in [3.8, 4) is 5.75 Å². The normalized spacial score (nSPS) is 11.7. The molecule has 2 amide bonds. The number of urea groups is 1. The minimum Gasteiger partial charge on any atom is -0.508 e. The average molecular weight is 346 g/mol. The molecule has 0 aliphatic rings. The van der Waals surface area contributed by atoms with Gasteiger partial charge in [-0.05, 0) is 48.2 Å². The number of benzene rings is 2. The molecule has 0 unspecified atom stereocenters. The molecule has 2 aromatic carbocycles. The van der Waals surface area contributed by atoms with E-state index >= 15 is 0 Å². The van der Waals surface area contributed by atoms with Gasteiger partial charge in [0.25, 0.3) is 0 Å². The van der Waals surface area contributed by atoms with Crippen LogP contribution in [0.4, 0.5) is 4.79 Å². The zero-order chi connectivity index (χ0) is 17.4. The molecule has 0 spiro atoms. The van der Waals surface area contributed by atoms with Gasteiger partial charge in [0, 0.05) is 35.0 Å². The van der Waals surface area contributed by atoms with Crippen LogP contribution in [0.15, 0.2) is 53.4 Å². The van der Waals surface area contributed by atoms with E-state index in [0.717, 1.165) is 28.9 Å². The summed E-state index contributed by atoms with van der Waals surface area (Å²) in [6.07, 6.45) is 3.31. The van der Waals surface area contributed by atoms with E-state index in [4.69, 9.17) is 0 Å². The molecular weight excluding hydrogens is 324 g/mol. The number of hydrogen-bond donors (Lipinski definition) is 3. The summed E-state index contributed by atoms with van der Waals surface area (Å²) in [5.74, 6) is 0.259. The molecule has 0 saturated carbocycles. The fraction of sp³-hybridized carbons (Fsp3) is 0.278. The number of amides is 2. The lowest BCUT2D eigenvalue weighted by Crippen LogP contribution is -2.35. The molecule has 0 heterocycles. The molecule has 0 radical (unpaired) electrons. The van der Waals surface area contributed by atoms with Gasteiger partial charge in [0.2, 0.25) is 0 Å². The summed E-state index contributed by atoms with van der Waals surface area (Å²) in [5.41, 5.74) is 2.09. The third-order valence-electron chi connectivity index (χ3n) is 3.57. The van der Waals surface area contributed by atoms with Gasteiger partial charge in [-0.3, -0.25) is 4.21 Å². The standard InChI is InChI=1S/C18H22N2O3S/c1-24(23)17-10-6-15(7-11-17)13-20-18(22)19-12-2-3-14-4-8-16(21)9-5-14/h4-11,21H,2-3,12-13H2,1H3,(H2,19,20,22)/t24-/m1/s1. The Hall–Kier alpha value is -2.34. The largest absolute Gasteiger partial charge is 0.508 e. The second-order valence-electron chi connectivity index (χ2n) is 5.48. The van der Waals surface area contributed by atoms with E-state index in [1.165, 1.54) is 0 Å². The lowest BCUT2D eigenvalue weighted by Gasteiger charge is -2.08. The summed E-state index contributed by atoms with van der Waals surface area (Å²) in [5, 5.41) is 14.8. The molecule has 0 aliphatic carbocycles. The van der Waals surface area contributed by atoms with Gasteiger partial charge < -0.3 is 15.7 Å². The van der Waals surface area contributed by atoms with Gasteiger partial charge in [-0.2, -0.15) is 0 Å². The molecular formula is C18H22N2O3S. The third kappa shape index (κ3) is 6.04. The van der Waals surface area contributed by atoms with Gasteiger partial charge in [0.05, 0.1) is 0 Å². The number of carbonyl (C=O) groups is 1. The van der Waals surface area contributed by atoms with Crippen molar-refractivity contribution in [2.45, 2.75) is 24.3 Å². The van der Waals surface area contributed by atoms with Gasteiger partial charge in [-0.25, -0.2) is 4.79 Å². The fourth-order valence-corrected chi connectivity index (χ4v) is 2.72. The van der Waals surface area contributed by atoms with Crippen LogP contribution in [0.2, 0.25) is 0 Å². The van der Waals surface area contributed by atoms with Gasteiger partial charge in [-0.1, -0.05) is 24.3 Å². The molecule has 128 valence electrons. The quantitative estimate of drug-likeness (QED) is 0.674. The van der Waals surface area contributed by atoms with Crippen LogP contribution < -0.4 is 10.6 Å². The maximum atomic E-state index is 11.7. The number of phenols is 1. The first-order chi connectivity index (χ1) is 11.5. The number of aromatic hydroxyl groups is 1. The first kappa shape index (κ1) is 18.0. The summed E-state index contributed by atoms with van der Waals surface area (Å²) in [4.78, 5) is 12.5. The zero-order valence-corrected chi connectivity index (χ0v) is 14.4. The van der Waals surface area contributed by atoms with Crippen molar-refractivity contribution in [1.29, 1.82) is 0 Å². The van der Waals surface area contributed by atoms with Crippen molar-refractivity contribution in [2.24, 2.45) is 0 Å². The molecule has 5 nitrogen and oxygen atoms in total. The van der Waals surface area contributed by atoms with E-state index in [9.17, 15) is 14.1 Å². The highest BCUT2D eigenvalue weighted by molar-refractivity contribution is 7.84. The summed E-state index contributed by atoms with van der Waals surface area (Å²) in [6.45, 7) is 1.01. The van der Waals surface area contributed by atoms with E-state index in [0.29, 0.717) is 13.1 Å². The monoisotopic (exact) mass is 346 g/mol. The van der Waals surface area contributed by atoms with Crippen LogP contribution in [0, 0.1) is 0 Å². The Morgan fingerprint density at radius 2 is 1.62 bits per heavy atom. The lowest BCUT2D eigenvalue weighted by atomic mass is 10.1. The van der Waals surface area contributed by atoms with Crippen molar-refractivity contribution in [1.82, 2.24) is 10.6 Å². The molecule has 24 heavy (non-hydrogen) atoms. The first-order valence-corrected chi connectivity index (χ1v) is 9.32. The highest BCUT2D eigenvalue weighted by Gasteiger charge is 2.02. The Morgan fingerprint density at radius 3 is 2.25 bits per heavy atom. The SMILES string of the molecule is C[S@@](=O)c1ccc(CNC(=O)NCCCc2ccc(O)cc2)cc1. The second kappa shape index (κ2) is 9.08. The predicted molar refractivity (Wildman–Crippen MR) is 95.4 cm³/mol. The number of carbonyl (C=O) groups excluding carboxylic acids is 1. The Labute approximate surface area is 144 Å². The van der Waals surface area contributed by atoms with E-state index in [-0.39, 0.29) is 11.8 Å². The van der Waals surface area contributed by atoms with Crippen LogP contribution in [0.3, 0.4) is 0 Å². The predicted octanol–water partition coefficient (Wildman–Crippen LogP) is 2.56. The average Bonchev–Trinajstić information content (AvgIpc) is 2.59. The zero-order valence-electron chi connectivity index (χ0n) is 13.6. The number of rotatable bonds is 7. The molecule has 0 saturated heterocycles. The van der Waals surface area contributed by atoms with Gasteiger partial charge in [0.15, 0.2) is 0 Å². The molecule has 1 atom stereocenters. The maximum Gasteiger partial charge on any atom is 0.315 e. The van der Waals surface area contributed by atoms with E-state index in [2.05, 4.69) is 10.6 Å². The van der Waals surface area contributed by atoms with E-state index in [1.807, 2.05) is 36.4 Å². The van der Waals surface area contributed by atoms with Crippen LogP contribution in [-0.2, 0) is 23.8 Å². The van der Waals surface area contributed by atoms with Gasteiger partial charge >= 0.3 is 6.03 Å².